The van der Waals surface area contributed by atoms with Gasteiger partial charge in [-0.2, -0.15) is 0 Å². The van der Waals surface area contributed by atoms with Gasteiger partial charge in [0, 0.05) is 5.57 Å². The van der Waals surface area contributed by atoms with E-state index in [1.165, 1.54) is 6.92 Å². The van der Waals surface area contributed by atoms with Crippen LogP contribution in [0.25, 0.3) is 0 Å². The second-order valence-electron chi connectivity index (χ2n) is 3.90. The molecule has 0 rings (SSSR count). The lowest BCUT2D eigenvalue weighted by atomic mass is 10.2. The third-order valence-electron chi connectivity index (χ3n) is 2.15. The number of hydrogen-bond acceptors (Lipinski definition) is 4. The third kappa shape index (κ3) is 7.21. The highest BCUT2D eigenvalue weighted by atomic mass is 31.2. The fourth-order valence-electron chi connectivity index (χ4n) is 1.20. The topological polar surface area (TPSA) is 121 Å². The first-order valence-electron chi connectivity index (χ1n) is 5.24. The SMILES string of the molecule is C=C(C)C(=O)OCCCC(CC(=O)O)P(=O)(O)O. The highest BCUT2D eigenvalue weighted by Crippen LogP contribution is 2.45. The van der Waals surface area contributed by atoms with Crippen molar-refractivity contribution >= 4 is 19.5 Å². The Morgan fingerprint density at radius 1 is 1.39 bits per heavy atom. The highest BCUT2D eigenvalue weighted by molar-refractivity contribution is 7.52. The van der Waals surface area contributed by atoms with Crippen molar-refractivity contribution in [2.45, 2.75) is 31.8 Å². The Morgan fingerprint density at radius 3 is 2.33 bits per heavy atom. The van der Waals surface area contributed by atoms with Gasteiger partial charge in [-0.3, -0.25) is 9.36 Å². The fraction of sp³-hybridized carbons (Fsp3) is 0.600. The molecule has 7 nitrogen and oxygen atoms in total. The van der Waals surface area contributed by atoms with E-state index in [1.54, 1.807) is 0 Å². The summed E-state index contributed by atoms with van der Waals surface area (Å²) in [5.41, 5.74) is -1.02. The summed E-state index contributed by atoms with van der Waals surface area (Å²) >= 11 is 0. The van der Waals surface area contributed by atoms with Crippen LogP contribution in [0.5, 0.6) is 0 Å². The molecule has 0 heterocycles. The van der Waals surface area contributed by atoms with E-state index < -0.39 is 31.6 Å². The molecule has 8 heteroatoms. The number of hydrogen-bond donors (Lipinski definition) is 3. The van der Waals surface area contributed by atoms with Gasteiger partial charge in [0.05, 0.1) is 18.7 Å². The molecule has 0 radical (unpaired) electrons. The van der Waals surface area contributed by atoms with Crippen LogP contribution in [0, 0.1) is 0 Å². The lowest BCUT2D eigenvalue weighted by molar-refractivity contribution is -0.139. The van der Waals surface area contributed by atoms with Crippen LogP contribution in [-0.2, 0) is 18.9 Å². The molecule has 0 aliphatic carbocycles. The van der Waals surface area contributed by atoms with Crippen LogP contribution in [-0.4, -0.2) is 39.1 Å². The Morgan fingerprint density at radius 2 is 1.94 bits per heavy atom. The second kappa shape index (κ2) is 7.31. The zero-order valence-corrected chi connectivity index (χ0v) is 10.9. The average molecular weight is 280 g/mol. The first kappa shape index (κ1) is 16.8. The predicted octanol–water partition coefficient (Wildman–Crippen LogP) is 0.907. The highest BCUT2D eigenvalue weighted by Gasteiger charge is 2.30. The Kier molecular flexibility index (Phi) is 6.83. The summed E-state index contributed by atoms with van der Waals surface area (Å²) < 4.78 is 15.7. The van der Waals surface area contributed by atoms with Gasteiger partial charge in [0.15, 0.2) is 0 Å². The van der Waals surface area contributed by atoms with Gasteiger partial charge in [0.25, 0.3) is 0 Å². The van der Waals surface area contributed by atoms with Gasteiger partial charge in [0.2, 0.25) is 0 Å². The Hall–Kier alpha value is -1.17. The number of carboxylic acids is 1. The van der Waals surface area contributed by atoms with E-state index in [4.69, 9.17) is 19.6 Å². The monoisotopic (exact) mass is 280 g/mol. The van der Waals surface area contributed by atoms with Crippen molar-refractivity contribution in [3.63, 3.8) is 0 Å². The number of rotatable bonds is 8. The van der Waals surface area contributed by atoms with E-state index in [0.717, 1.165) is 0 Å². The van der Waals surface area contributed by atoms with Crippen molar-refractivity contribution in [1.29, 1.82) is 0 Å². The van der Waals surface area contributed by atoms with E-state index in [-0.39, 0.29) is 25.0 Å². The first-order valence-corrected chi connectivity index (χ1v) is 6.92. The summed E-state index contributed by atoms with van der Waals surface area (Å²) in [5.74, 6) is -1.86. The molecule has 0 aromatic heterocycles. The number of aliphatic carboxylic acids is 1. The molecule has 0 saturated heterocycles. The molecule has 0 spiro atoms. The Balaban J connectivity index is 4.13. The van der Waals surface area contributed by atoms with E-state index in [0.29, 0.717) is 0 Å². The normalized spacial score (nSPS) is 12.8. The number of ether oxygens (including phenoxy) is 1. The van der Waals surface area contributed by atoms with Gasteiger partial charge in [-0.25, -0.2) is 4.79 Å². The zero-order valence-electron chi connectivity index (χ0n) is 10.0. The van der Waals surface area contributed by atoms with E-state index in [9.17, 15) is 14.2 Å². The first-order chi connectivity index (χ1) is 8.14. The summed E-state index contributed by atoms with van der Waals surface area (Å²) in [6, 6.07) is 0. The largest absolute Gasteiger partial charge is 0.481 e. The number of esters is 1. The molecule has 0 saturated carbocycles. The van der Waals surface area contributed by atoms with Crippen LogP contribution < -0.4 is 0 Å². The van der Waals surface area contributed by atoms with Gasteiger partial charge in [-0.05, 0) is 19.8 Å². The van der Waals surface area contributed by atoms with Gasteiger partial charge in [-0.15, -0.1) is 0 Å². The molecule has 0 aromatic carbocycles. The number of carbonyl (C=O) groups excluding carboxylic acids is 1. The average Bonchev–Trinajstić information content (AvgIpc) is 2.19. The van der Waals surface area contributed by atoms with Crippen molar-refractivity contribution in [2.75, 3.05) is 6.61 Å². The minimum atomic E-state index is -4.45. The fourth-order valence-corrected chi connectivity index (χ4v) is 2.11. The van der Waals surface area contributed by atoms with E-state index in [2.05, 4.69) is 6.58 Å². The molecule has 0 fully saturated rings. The molecule has 0 aliphatic rings. The summed E-state index contributed by atoms with van der Waals surface area (Å²) in [6.07, 6.45) is -0.458. The molecule has 0 bridgehead atoms. The molecule has 104 valence electrons. The molecule has 0 amide bonds. The molecule has 1 unspecified atom stereocenters. The maximum absolute atomic E-state index is 11.0. The summed E-state index contributed by atoms with van der Waals surface area (Å²) in [7, 11) is -4.45. The van der Waals surface area contributed by atoms with Crippen LogP contribution in [0.2, 0.25) is 0 Å². The lowest BCUT2D eigenvalue weighted by Gasteiger charge is -2.16. The maximum Gasteiger partial charge on any atom is 0.333 e. The molecular weight excluding hydrogens is 263 g/mol. The van der Waals surface area contributed by atoms with Crippen LogP contribution in [0.15, 0.2) is 12.2 Å². The van der Waals surface area contributed by atoms with Crippen LogP contribution in [0.1, 0.15) is 26.2 Å². The minimum absolute atomic E-state index is 0.0260. The van der Waals surface area contributed by atoms with E-state index in [1.807, 2.05) is 0 Å². The predicted molar refractivity (Wildman–Crippen MR) is 63.1 cm³/mol. The van der Waals surface area contributed by atoms with Crippen molar-refractivity contribution in [3.8, 4) is 0 Å². The summed E-state index contributed by atoms with van der Waals surface area (Å²) in [6.45, 7) is 4.82. The Labute approximate surface area is 105 Å². The van der Waals surface area contributed by atoms with Gasteiger partial charge < -0.3 is 19.6 Å². The molecule has 0 aromatic rings. The van der Waals surface area contributed by atoms with Crippen molar-refractivity contribution < 1.29 is 33.8 Å². The molecule has 0 aliphatic heterocycles. The summed E-state index contributed by atoms with van der Waals surface area (Å²) in [5, 5.41) is 8.52. The smallest absolute Gasteiger partial charge is 0.333 e. The van der Waals surface area contributed by atoms with Crippen LogP contribution in [0.3, 0.4) is 0 Å². The maximum atomic E-state index is 11.0. The molecular formula is C10H17O7P. The number of carboxylic acid groups (broad SMARTS) is 1. The van der Waals surface area contributed by atoms with Crippen LogP contribution >= 0.6 is 7.60 Å². The number of carbonyl (C=O) groups is 2. The van der Waals surface area contributed by atoms with Gasteiger partial charge >= 0.3 is 19.5 Å². The Bertz CT molecular complexity index is 370. The van der Waals surface area contributed by atoms with E-state index >= 15 is 0 Å². The lowest BCUT2D eigenvalue weighted by Crippen LogP contribution is -2.15. The quantitative estimate of drug-likeness (QED) is 0.261. The molecule has 3 N–H and O–H groups in total. The molecule has 18 heavy (non-hydrogen) atoms. The van der Waals surface area contributed by atoms with Crippen molar-refractivity contribution in [3.05, 3.63) is 12.2 Å². The minimum Gasteiger partial charge on any atom is -0.481 e. The zero-order chi connectivity index (χ0) is 14.3. The van der Waals surface area contributed by atoms with Crippen molar-refractivity contribution in [1.82, 2.24) is 0 Å². The van der Waals surface area contributed by atoms with Gasteiger partial charge in [0.1, 0.15) is 0 Å². The van der Waals surface area contributed by atoms with Gasteiger partial charge in [-0.1, -0.05) is 6.58 Å². The second-order valence-corrected chi connectivity index (χ2v) is 5.81. The standard InChI is InChI=1S/C10H17O7P/c1-7(2)10(13)17-5-3-4-8(6-9(11)12)18(14,15)16/h8H,1,3-6H2,2H3,(H,11,12)(H2,14,15,16). The van der Waals surface area contributed by atoms with Crippen LogP contribution in [0.4, 0.5) is 0 Å². The summed E-state index contributed by atoms with van der Waals surface area (Å²) in [4.78, 5) is 39.3. The third-order valence-corrected chi connectivity index (χ3v) is 3.54. The molecule has 1 atom stereocenters. The van der Waals surface area contributed by atoms with Crippen molar-refractivity contribution in [2.24, 2.45) is 0 Å².